The van der Waals surface area contributed by atoms with E-state index in [1.54, 1.807) is 0 Å². The molecule has 1 aliphatic heterocycles. The van der Waals surface area contributed by atoms with Gasteiger partial charge < -0.3 is 14.6 Å². The molecule has 3 aromatic carbocycles. The number of hydrazine groups is 1. The maximum Gasteiger partial charge on any atom is 0.266 e. The molecule has 0 spiro atoms. The number of aliphatic hydroxyl groups excluding tert-OH is 1. The van der Waals surface area contributed by atoms with E-state index in [1.165, 1.54) is 12.8 Å². The molecule has 5 rings (SSSR count). The summed E-state index contributed by atoms with van der Waals surface area (Å²) >= 11 is 3.66. The highest BCUT2D eigenvalue weighted by Crippen LogP contribution is 2.43. The van der Waals surface area contributed by atoms with E-state index >= 15 is 0 Å². The second-order valence-corrected chi connectivity index (χ2v) is 10.6. The van der Waals surface area contributed by atoms with Gasteiger partial charge in [0.05, 0.1) is 6.61 Å². The summed E-state index contributed by atoms with van der Waals surface area (Å²) in [5.74, 6) is 1.48. The van der Waals surface area contributed by atoms with Crippen molar-refractivity contribution in [3.8, 4) is 5.75 Å². The maximum atomic E-state index is 14.0. The fraction of sp³-hybridized carbons (Fsp3) is 0.333. The van der Waals surface area contributed by atoms with Crippen LogP contribution in [-0.2, 0) is 16.0 Å². The Kier molecular flexibility index (Phi) is 8.42. The van der Waals surface area contributed by atoms with Crippen molar-refractivity contribution < 1.29 is 19.4 Å². The molecule has 3 N–H and O–H groups in total. The van der Waals surface area contributed by atoms with Crippen molar-refractivity contribution in [3.05, 3.63) is 100 Å². The van der Waals surface area contributed by atoms with E-state index in [0.717, 1.165) is 27.7 Å². The Morgan fingerprint density at radius 1 is 1.05 bits per heavy atom. The zero-order valence-corrected chi connectivity index (χ0v) is 22.7. The van der Waals surface area contributed by atoms with Crippen LogP contribution in [0.5, 0.6) is 5.75 Å². The Morgan fingerprint density at radius 3 is 2.50 bits per heavy atom. The molecule has 1 fully saturated rings. The molecule has 2 atom stereocenters. The molecular formula is C30H32BrN3O4. The minimum Gasteiger partial charge on any atom is -0.494 e. The van der Waals surface area contributed by atoms with Crippen LogP contribution in [0.2, 0.25) is 0 Å². The van der Waals surface area contributed by atoms with Gasteiger partial charge in [0, 0.05) is 36.0 Å². The van der Waals surface area contributed by atoms with Crippen LogP contribution in [0, 0.1) is 5.92 Å². The Hall–Kier alpha value is -3.20. The number of carbonyl (C=O) groups is 1. The summed E-state index contributed by atoms with van der Waals surface area (Å²) in [5.41, 5.74) is 7.45. The summed E-state index contributed by atoms with van der Waals surface area (Å²) in [5, 5.41) is 9.00. The van der Waals surface area contributed by atoms with Gasteiger partial charge in [0.15, 0.2) is 11.6 Å². The molecule has 0 unspecified atom stereocenters. The third-order valence-corrected chi connectivity index (χ3v) is 7.61. The molecule has 3 aromatic rings. The molecule has 0 saturated heterocycles. The van der Waals surface area contributed by atoms with Gasteiger partial charge in [-0.15, -0.1) is 0 Å². The number of benzene rings is 3. The Labute approximate surface area is 231 Å². The molecule has 7 nitrogen and oxygen atoms in total. The molecule has 0 radical (unpaired) electrons. The zero-order chi connectivity index (χ0) is 26.4. The number of nitrogens with zero attached hydrogens (tertiary/aromatic N) is 1. The number of amides is 1. The van der Waals surface area contributed by atoms with Crippen molar-refractivity contribution in [1.82, 2.24) is 10.9 Å². The first kappa shape index (κ1) is 26.4. The third kappa shape index (κ3) is 6.09. The van der Waals surface area contributed by atoms with E-state index < -0.39 is 11.6 Å². The van der Waals surface area contributed by atoms with Crippen LogP contribution < -0.4 is 15.6 Å². The third-order valence-electron chi connectivity index (χ3n) is 6.84. The molecule has 1 saturated carbocycles. The lowest BCUT2D eigenvalue weighted by Crippen LogP contribution is -2.54. The topological polar surface area (TPSA) is 92.2 Å². The van der Waals surface area contributed by atoms with Gasteiger partial charge >= 0.3 is 0 Å². The van der Waals surface area contributed by atoms with E-state index in [-0.39, 0.29) is 12.5 Å². The second kappa shape index (κ2) is 12.1. The Morgan fingerprint density at radius 2 is 1.79 bits per heavy atom. The molecular weight excluding hydrogens is 546 g/mol. The van der Waals surface area contributed by atoms with Crippen LogP contribution >= 0.6 is 15.9 Å². The molecule has 38 heavy (non-hydrogen) atoms. The minimum atomic E-state index is -1.24. The van der Waals surface area contributed by atoms with E-state index in [1.807, 2.05) is 78.9 Å². The minimum absolute atomic E-state index is 0.0841. The fourth-order valence-electron chi connectivity index (χ4n) is 4.55. The van der Waals surface area contributed by atoms with Gasteiger partial charge in [0.25, 0.3) is 5.91 Å². The van der Waals surface area contributed by atoms with Crippen molar-refractivity contribution in [3.63, 3.8) is 0 Å². The van der Waals surface area contributed by atoms with Gasteiger partial charge in [-0.25, -0.2) is 10.4 Å². The van der Waals surface area contributed by atoms with E-state index in [4.69, 9.17) is 19.6 Å². The lowest BCUT2D eigenvalue weighted by atomic mass is 9.82. The Bertz CT molecular complexity index is 1260. The van der Waals surface area contributed by atoms with Gasteiger partial charge in [-0.3, -0.25) is 10.2 Å². The number of hydrogen-bond acceptors (Lipinski definition) is 6. The summed E-state index contributed by atoms with van der Waals surface area (Å²) in [6, 6.07) is 25.1. The molecule has 1 heterocycles. The normalized spacial score (nSPS) is 20.5. The second-order valence-electron chi connectivity index (χ2n) is 9.75. The first-order valence-corrected chi connectivity index (χ1v) is 13.8. The van der Waals surface area contributed by atoms with Crippen LogP contribution in [0.3, 0.4) is 0 Å². The molecule has 2 aliphatic rings. The number of halogens is 1. The smallest absolute Gasteiger partial charge is 0.266 e. The number of aliphatic hydroxyl groups is 1. The number of aliphatic imine (C=N–C) groups is 1. The quantitative estimate of drug-likeness (QED) is 0.213. The largest absolute Gasteiger partial charge is 0.494 e. The number of ether oxygens (including phenoxy) is 2. The van der Waals surface area contributed by atoms with Crippen LogP contribution in [0.25, 0.3) is 0 Å². The molecule has 198 valence electrons. The standard InChI is InChI=1S/C30H32BrN3O4/c31-26-10-5-4-9-24(26)19-30(29(36)34-32-20-21-11-12-21)27(22-7-2-1-3-8-22)38-28(33-30)23-13-15-25(16-14-23)37-18-6-17-35/h1-5,7-10,13-16,21,27,32,35H,6,11-12,17-20H2,(H,34,36)/t27-,30-/m0/s1. The number of nitrogens with one attached hydrogen (secondary N) is 2. The highest BCUT2D eigenvalue weighted by atomic mass is 79.9. The summed E-state index contributed by atoms with van der Waals surface area (Å²) in [6.45, 7) is 1.26. The van der Waals surface area contributed by atoms with E-state index in [0.29, 0.717) is 37.0 Å². The van der Waals surface area contributed by atoms with Crippen molar-refractivity contribution >= 4 is 27.7 Å². The highest BCUT2D eigenvalue weighted by molar-refractivity contribution is 9.10. The average molecular weight is 579 g/mol. The summed E-state index contributed by atoms with van der Waals surface area (Å²) in [7, 11) is 0. The Balaban J connectivity index is 1.51. The molecule has 1 amide bonds. The molecule has 1 aliphatic carbocycles. The van der Waals surface area contributed by atoms with Crippen molar-refractivity contribution in [2.24, 2.45) is 10.9 Å². The SMILES string of the molecule is O=C(NNCC1CC1)[C@@]1(Cc2ccccc2Br)N=C(c2ccc(OCCCO)cc2)O[C@H]1c1ccccc1. The first-order valence-electron chi connectivity index (χ1n) is 13.0. The van der Waals surface area contributed by atoms with Gasteiger partial charge in [-0.2, -0.15) is 0 Å². The number of hydrogen-bond donors (Lipinski definition) is 3. The average Bonchev–Trinajstić information content (AvgIpc) is 3.69. The monoisotopic (exact) mass is 577 g/mol. The van der Waals surface area contributed by atoms with Gasteiger partial charge in [0.2, 0.25) is 5.90 Å². The van der Waals surface area contributed by atoms with Crippen LogP contribution in [-0.4, -0.2) is 42.2 Å². The van der Waals surface area contributed by atoms with Crippen molar-refractivity contribution in [1.29, 1.82) is 0 Å². The first-order chi connectivity index (χ1) is 18.6. The summed E-state index contributed by atoms with van der Waals surface area (Å²) < 4.78 is 13.1. The van der Waals surface area contributed by atoms with Crippen LogP contribution in [0.15, 0.2) is 88.3 Å². The lowest BCUT2D eigenvalue weighted by molar-refractivity contribution is -0.130. The molecule has 0 bridgehead atoms. The van der Waals surface area contributed by atoms with Crippen LogP contribution in [0.1, 0.15) is 42.1 Å². The summed E-state index contributed by atoms with van der Waals surface area (Å²) in [4.78, 5) is 19.1. The van der Waals surface area contributed by atoms with Gasteiger partial charge in [0.1, 0.15) is 5.75 Å². The van der Waals surface area contributed by atoms with Crippen LogP contribution in [0.4, 0.5) is 0 Å². The van der Waals surface area contributed by atoms with Gasteiger partial charge in [-0.05, 0) is 60.2 Å². The number of rotatable bonds is 12. The zero-order valence-electron chi connectivity index (χ0n) is 21.1. The van der Waals surface area contributed by atoms with Crippen molar-refractivity contribution in [2.45, 2.75) is 37.3 Å². The highest BCUT2D eigenvalue weighted by Gasteiger charge is 2.53. The molecule has 8 heteroatoms. The lowest BCUT2D eigenvalue weighted by Gasteiger charge is -2.31. The predicted octanol–water partition coefficient (Wildman–Crippen LogP) is 4.74. The van der Waals surface area contributed by atoms with Crippen molar-refractivity contribution in [2.75, 3.05) is 19.8 Å². The number of carbonyl (C=O) groups excluding carboxylic acids is 1. The van der Waals surface area contributed by atoms with Gasteiger partial charge in [-0.1, -0.05) is 64.5 Å². The van der Waals surface area contributed by atoms with E-state index in [2.05, 4.69) is 26.8 Å². The molecule has 0 aromatic heterocycles. The predicted molar refractivity (Wildman–Crippen MR) is 150 cm³/mol. The fourth-order valence-corrected chi connectivity index (χ4v) is 4.97. The van der Waals surface area contributed by atoms with E-state index in [9.17, 15) is 4.79 Å². The summed E-state index contributed by atoms with van der Waals surface area (Å²) in [6.07, 6.45) is 2.65. The maximum absolute atomic E-state index is 14.0.